The summed E-state index contributed by atoms with van der Waals surface area (Å²) in [5.74, 6) is 0. The summed E-state index contributed by atoms with van der Waals surface area (Å²) in [4.78, 5) is 14.8. The molecule has 0 aliphatic carbocycles. The molecule has 1 unspecified atom stereocenters. The zero-order chi connectivity index (χ0) is 19.6. The van der Waals surface area contributed by atoms with Crippen LogP contribution >= 0.6 is 0 Å². The molecule has 2 aromatic rings. The van der Waals surface area contributed by atoms with Gasteiger partial charge in [-0.1, -0.05) is 61.0 Å². The molecule has 1 atom stereocenters. The number of carbonyl (C=O) groups excluding carboxylic acids is 1. The Morgan fingerprint density at radius 2 is 1.64 bits per heavy atom. The molecule has 0 saturated carbocycles. The number of amides is 2. The summed E-state index contributed by atoms with van der Waals surface area (Å²) < 4.78 is 0. The Morgan fingerprint density at radius 3 is 2.39 bits per heavy atom. The number of nitrogens with one attached hydrogen (secondary N) is 2. The molecular formula is C24H33N3O. The molecule has 2 amide bonds. The summed E-state index contributed by atoms with van der Waals surface area (Å²) in [6.45, 7) is 5.98. The van der Waals surface area contributed by atoms with Crippen LogP contribution in [0.1, 0.15) is 49.3 Å². The first-order chi connectivity index (χ1) is 13.7. The number of carbonyl (C=O) groups is 1. The highest BCUT2D eigenvalue weighted by Crippen LogP contribution is 2.16. The second-order valence-electron chi connectivity index (χ2n) is 7.86. The van der Waals surface area contributed by atoms with E-state index in [1.54, 1.807) is 0 Å². The van der Waals surface area contributed by atoms with Crippen molar-refractivity contribution in [2.75, 3.05) is 13.1 Å². The van der Waals surface area contributed by atoms with Crippen molar-refractivity contribution in [3.63, 3.8) is 0 Å². The van der Waals surface area contributed by atoms with Crippen LogP contribution in [-0.4, -0.2) is 30.1 Å². The Kier molecular flexibility index (Phi) is 7.92. The van der Waals surface area contributed by atoms with E-state index in [0.717, 1.165) is 19.4 Å². The first kappa shape index (κ1) is 20.4. The summed E-state index contributed by atoms with van der Waals surface area (Å²) in [7, 11) is 0. The van der Waals surface area contributed by atoms with Crippen molar-refractivity contribution in [1.82, 2.24) is 15.5 Å². The maximum atomic E-state index is 12.3. The minimum absolute atomic E-state index is 0.0895. The second kappa shape index (κ2) is 10.9. The number of urea groups is 1. The molecule has 1 aliphatic rings. The summed E-state index contributed by atoms with van der Waals surface area (Å²) in [6, 6.07) is 18.9. The monoisotopic (exact) mass is 379 g/mol. The largest absolute Gasteiger partial charge is 0.336 e. The SMILES string of the molecule is CC(CCc1ccccc1)NC(=O)NCc1ccccc1CN1CCCCC1. The maximum Gasteiger partial charge on any atom is 0.315 e. The highest BCUT2D eigenvalue weighted by atomic mass is 16.2. The Bertz CT molecular complexity index is 726. The average Bonchev–Trinajstić information content (AvgIpc) is 2.73. The molecular weight excluding hydrogens is 346 g/mol. The fraction of sp³-hybridized carbons (Fsp3) is 0.458. The second-order valence-corrected chi connectivity index (χ2v) is 7.86. The van der Waals surface area contributed by atoms with Gasteiger partial charge in [-0.15, -0.1) is 0 Å². The van der Waals surface area contributed by atoms with Gasteiger partial charge in [0.1, 0.15) is 0 Å². The van der Waals surface area contributed by atoms with Gasteiger partial charge < -0.3 is 10.6 Å². The zero-order valence-electron chi connectivity index (χ0n) is 17.0. The van der Waals surface area contributed by atoms with Crippen LogP contribution in [0.25, 0.3) is 0 Å². The topological polar surface area (TPSA) is 44.4 Å². The molecule has 0 radical (unpaired) electrons. The zero-order valence-corrected chi connectivity index (χ0v) is 17.0. The van der Waals surface area contributed by atoms with Gasteiger partial charge in [0.15, 0.2) is 0 Å². The summed E-state index contributed by atoms with van der Waals surface area (Å²) in [5, 5.41) is 6.10. The molecule has 150 valence electrons. The lowest BCUT2D eigenvalue weighted by atomic mass is 10.0. The molecule has 2 aromatic carbocycles. The predicted octanol–water partition coefficient (Wildman–Crippen LogP) is 4.49. The lowest BCUT2D eigenvalue weighted by molar-refractivity contribution is 0.220. The quantitative estimate of drug-likeness (QED) is 0.710. The maximum absolute atomic E-state index is 12.3. The molecule has 3 rings (SSSR count). The van der Waals surface area contributed by atoms with E-state index < -0.39 is 0 Å². The number of hydrogen-bond acceptors (Lipinski definition) is 2. The highest BCUT2D eigenvalue weighted by Gasteiger charge is 2.13. The van der Waals surface area contributed by atoms with Gasteiger partial charge in [0, 0.05) is 19.1 Å². The van der Waals surface area contributed by atoms with Crippen LogP contribution in [0, 0.1) is 0 Å². The highest BCUT2D eigenvalue weighted by molar-refractivity contribution is 5.74. The van der Waals surface area contributed by atoms with Crippen LogP contribution < -0.4 is 10.6 Å². The number of piperidine rings is 1. The van der Waals surface area contributed by atoms with Gasteiger partial charge in [0.05, 0.1) is 0 Å². The first-order valence-corrected chi connectivity index (χ1v) is 10.6. The third kappa shape index (κ3) is 6.68. The molecule has 1 saturated heterocycles. The van der Waals surface area contributed by atoms with Crippen molar-refractivity contribution in [1.29, 1.82) is 0 Å². The van der Waals surface area contributed by atoms with Crippen molar-refractivity contribution in [2.45, 2.75) is 58.2 Å². The summed E-state index contributed by atoms with van der Waals surface area (Å²) >= 11 is 0. The van der Waals surface area contributed by atoms with E-state index in [2.05, 4.69) is 71.0 Å². The fourth-order valence-electron chi connectivity index (χ4n) is 3.79. The molecule has 0 bridgehead atoms. The molecule has 4 heteroatoms. The smallest absolute Gasteiger partial charge is 0.315 e. The van der Waals surface area contributed by atoms with Gasteiger partial charge in [-0.3, -0.25) is 4.90 Å². The number of nitrogens with zero attached hydrogens (tertiary/aromatic N) is 1. The molecule has 1 heterocycles. The van der Waals surface area contributed by atoms with Crippen molar-refractivity contribution >= 4 is 6.03 Å². The van der Waals surface area contributed by atoms with E-state index in [1.807, 2.05) is 6.07 Å². The minimum atomic E-state index is -0.0895. The number of likely N-dealkylation sites (tertiary alicyclic amines) is 1. The van der Waals surface area contributed by atoms with Crippen LogP contribution in [0.3, 0.4) is 0 Å². The van der Waals surface area contributed by atoms with E-state index in [1.165, 1.54) is 49.0 Å². The average molecular weight is 380 g/mol. The van der Waals surface area contributed by atoms with Crippen LogP contribution in [0.5, 0.6) is 0 Å². The number of rotatable bonds is 8. The molecule has 0 aromatic heterocycles. The van der Waals surface area contributed by atoms with Crippen LogP contribution in [0.4, 0.5) is 4.79 Å². The van der Waals surface area contributed by atoms with Gasteiger partial charge in [0.2, 0.25) is 0 Å². The predicted molar refractivity (Wildman–Crippen MR) is 115 cm³/mol. The lowest BCUT2D eigenvalue weighted by Gasteiger charge is -2.27. The number of hydrogen-bond donors (Lipinski definition) is 2. The molecule has 28 heavy (non-hydrogen) atoms. The van der Waals surface area contributed by atoms with Gasteiger partial charge in [-0.2, -0.15) is 0 Å². The Morgan fingerprint density at radius 1 is 0.964 bits per heavy atom. The van der Waals surface area contributed by atoms with Gasteiger partial charge in [-0.25, -0.2) is 4.79 Å². The third-order valence-corrected chi connectivity index (χ3v) is 5.49. The Hall–Kier alpha value is -2.33. The summed E-state index contributed by atoms with van der Waals surface area (Å²) in [5.41, 5.74) is 3.84. The van der Waals surface area contributed by atoms with Crippen LogP contribution in [0.15, 0.2) is 54.6 Å². The molecule has 2 N–H and O–H groups in total. The third-order valence-electron chi connectivity index (χ3n) is 5.49. The first-order valence-electron chi connectivity index (χ1n) is 10.6. The fourth-order valence-corrected chi connectivity index (χ4v) is 3.79. The standard InChI is InChI=1S/C24H33N3O/c1-20(14-15-21-10-4-2-5-11-21)26-24(28)25-18-22-12-6-7-13-23(22)19-27-16-8-3-9-17-27/h2,4-7,10-13,20H,3,8-9,14-19H2,1H3,(H2,25,26,28). The van der Waals surface area contributed by atoms with Crippen molar-refractivity contribution in [3.8, 4) is 0 Å². The van der Waals surface area contributed by atoms with E-state index in [-0.39, 0.29) is 12.1 Å². The Balaban J connectivity index is 1.43. The molecule has 4 nitrogen and oxygen atoms in total. The van der Waals surface area contributed by atoms with Crippen LogP contribution in [0.2, 0.25) is 0 Å². The number of benzene rings is 2. The van der Waals surface area contributed by atoms with Gasteiger partial charge >= 0.3 is 6.03 Å². The lowest BCUT2D eigenvalue weighted by Crippen LogP contribution is -2.40. The summed E-state index contributed by atoms with van der Waals surface area (Å²) in [6.07, 6.45) is 5.85. The van der Waals surface area contributed by atoms with Crippen LogP contribution in [-0.2, 0) is 19.5 Å². The molecule has 1 aliphatic heterocycles. The van der Waals surface area contributed by atoms with E-state index >= 15 is 0 Å². The van der Waals surface area contributed by atoms with E-state index in [9.17, 15) is 4.79 Å². The normalized spacial score (nSPS) is 15.8. The van der Waals surface area contributed by atoms with Crippen molar-refractivity contribution < 1.29 is 4.79 Å². The minimum Gasteiger partial charge on any atom is -0.336 e. The van der Waals surface area contributed by atoms with Crippen molar-refractivity contribution in [2.24, 2.45) is 0 Å². The molecule has 1 fully saturated rings. The van der Waals surface area contributed by atoms with Gasteiger partial charge in [-0.05, 0) is 62.4 Å². The van der Waals surface area contributed by atoms with Gasteiger partial charge in [0.25, 0.3) is 0 Å². The number of aryl methyl sites for hydroxylation is 1. The van der Waals surface area contributed by atoms with E-state index in [4.69, 9.17) is 0 Å². The molecule has 0 spiro atoms. The van der Waals surface area contributed by atoms with Crippen molar-refractivity contribution in [3.05, 3.63) is 71.3 Å². The Labute approximate surface area is 169 Å². The van der Waals surface area contributed by atoms with E-state index in [0.29, 0.717) is 6.54 Å².